The number of aryl methyl sites for hydroxylation is 2. The Kier molecular flexibility index (Phi) is 6.09. The van der Waals surface area contributed by atoms with Gasteiger partial charge >= 0.3 is 0 Å². The van der Waals surface area contributed by atoms with E-state index < -0.39 is 35.6 Å². The van der Waals surface area contributed by atoms with Crippen LogP contribution in [0.25, 0.3) is 0 Å². The molecule has 7 heteroatoms. The standard InChI is InChI=1S/C28H33NO6/c1-4-10-29-26(31)21-13-19(15-34-20-8-6-5-7-9-20)28(33)22(24(21)27(29)32)14-23(35-28)18-11-16(2)25(30)17(3)12-18/h5-9,11-12,19,21-24,30,33H,4,10,13-15H2,1-3H3/t19-,21+,22+,23+,24+,28-/m1/s1. The van der Waals surface area contributed by atoms with Crippen LogP contribution in [-0.4, -0.2) is 45.9 Å². The summed E-state index contributed by atoms with van der Waals surface area (Å²) in [4.78, 5) is 28.0. The Hall–Kier alpha value is -2.90. The topological polar surface area (TPSA) is 96.3 Å². The number of carbonyl (C=O) groups excluding carboxylic acids is 2. The molecular formula is C28H33NO6. The van der Waals surface area contributed by atoms with Crippen molar-refractivity contribution in [2.45, 2.75) is 51.9 Å². The average molecular weight is 480 g/mol. The van der Waals surface area contributed by atoms with Crippen molar-refractivity contribution in [3.63, 3.8) is 0 Å². The minimum atomic E-state index is -1.60. The maximum atomic E-state index is 13.4. The molecule has 186 valence electrons. The first-order valence-corrected chi connectivity index (χ1v) is 12.5. The second-order valence-corrected chi connectivity index (χ2v) is 10.2. The third-order valence-corrected chi connectivity index (χ3v) is 7.98. The van der Waals surface area contributed by atoms with Gasteiger partial charge in [0, 0.05) is 18.4 Å². The van der Waals surface area contributed by atoms with E-state index in [0.717, 1.165) is 16.7 Å². The number of fused-ring (bicyclic) bond motifs is 3. The summed E-state index contributed by atoms with van der Waals surface area (Å²) in [6.07, 6.45) is 0.985. The molecule has 6 atom stereocenters. The number of amides is 2. The first-order chi connectivity index (χ1) is 16.7. The van der Waals surface area contributed by atoms with Crippen molar-refractivity contribution in [2.75, 3.05) is 13.2 Å². The van der Waals surface area contributed by atoms with Crippen LogP contribution < -0.4 is 4.74 Å². The first-order valence-electron chi connectivity index (χ1n) is 12.5. The summed E-state index contributed by atoms with van der Waals surface area (Å²) in [6, 6.07) is 13.1. The van der Waals surface area contributed by atoms with Gasteiger partial charge in [0.25, 0.3) is 0 Å². The highest BCUT2D eigenvalue weighted by atomic mass is 16.6. The van der Waals surface area contributed by atoms with E-state index in [1.807, 2.05) is 63.2 Å². The fraction of sp³-hybridized carbons (Fsp3) is 0.500. The zero-order valence-corrected chi connectivity index (χ0v) is 20.4. The van der Waals surface area contributed by atoms with Crippen LogP contribution in [0.2, 0.25) is 0 Å². The molecule has 3 fully saturated rings. The number of hydrogen-bond acceptors (Lipinski definition) is 6. The molecule has 35 heavy (non-hydrogen) atoms. The minimum absolute atomic E-state index is 0.145. The van der Waals surface area contributed by atoms with Gasteiger partial charge in [-0.25, -0.2) is 0 Å². The average Bonchev–Trinajstić information content (AvgIpc) is 3.31. The highest BCUT2D eigenvalue weighted by molar-refractivity contribution is 6.05. The van der Waals surface area contributed by atoms with Gasteiger partial charge in [-0.2, -0.15) is 0 Å². The number of aromatic hydroxyl groups is 1. The second-order valence-electron chi connectivity index (χ2n) is 10.2. The molecule has 2 aliphatic heterocycles. The molecule has 1 aliphatic carbocycles. The summed E-state index contributed by atoms with van der Waals surface area (Å²) >= 11 is 0. The van der Waals surface area contributed by atoms with Crippen LogP contribution in [0.4, 0.5) is 0 Å². The number of benzene rings is 2. The number of rotatable bonds is 6. The van der Waals surface area contributed by atoms with E-state index >= 15 is 0 Å². The molecule has 2 amide bonds. The number of phenolic OH excluding ortho intramolecular Hbond substituents is 1. The van der Waals surface area contributed by atoms with Crippen molar-refractivity contribution in [3.8, 4) is 11.5 Å². The summed E-state index contributed by atoms with van der Waals surface area (Å²) in [5, 5.41) is 22.2. The number of ether oxygens (including phenoxy) is 2. The predicted molar refractivity (Wildman–Crippen MR) is 128 cm³/mol. The molecular weight excluding hydrogens is 446 g/mol. The fourth-order valence-corrected chi connectivity index (χ4v) is 6.28. The Bertz CT molecular complexity index is 1110. The molecule has 0 radical (unpaired) electrons. The first kappa shape index (κ1) is 23.8. The maximum Gasteiger partial charge on any atom is 0.233 e. The molecule has 2 aromatic carbocycles. The van der Waals surface area contributed by atoms with Crippen molar-refractivity contribution < 1.29 is 29.3 Å². The lowest BCUT2D eigenvalue weighted by molar-refractivity contribution is -0.272. The zero-order valence-electron chi connectivity index (χ0n) is 20.4. The van der Waals surface area contributed by atoms with Gasteiger partial charge in [0.2, 0.25) is 11.8 Å². The Morgan fingerprint density at radius 2 is 1.77 bits per heavy atom. The monoisotopic (exact) mass is 479 g/mol. The van der Waals surface area contributed by atoms with E-state index in [9.17, 15) is 19.8 Å². The van der Waals surface area contributed by atoms with Gasteiger partial charge in [0.05, 0.1) is 24.5 Å². The largest absolute Gasteiger partial charge is 0.507 e. The molecule has 3 aliphatic rings. The van der Waals surface area contributed by atoms with Crippen LogP contribution in [0.15, 0.2) is 42.5 Å². The number of likely N-dealkylation sites (tertiary alicyclic amines) is 1. The van der Waals surface area contributed by atoms with E-state index in [1.54, 1.807) is 0 Å². The van der Waals surface area contributed by atoms with E-state index in [0.29, 0.717) is 31.6 Å². The van der Waals surface area contributed by atoms with Crippen LogP contribution in [0.1, 0.15) is 49.0 Å². The fourth-order valence-electron chi connectivity index (χ4n) is 6.28. The Balaban J connectivity index is 1.49. The quantitative estimate of drug-likeness (QED) is 0.611. The molecule has 2 N–H and O–H groups in total. The van der Waals surface area contributed by atoms with Crippen molar-refractivity contribution in [1.82, 2.24) is 4.90 Å². The van der Waals surface area contributed by atoms with Crippen molar-refractivity contribution in [2.24, 2.45) is 23.7 Å². The molecule has 1 saturated carbocycles. The maximum absolute atomic E-state index is 13.4. The van der Waals surface area contributed by atoms with Crippen LogP contribution in [0, 0.1) is 37.5 Å². The third kappa shape index (κ3) is 3.91. The summed E-state index contributed by atoms with van der Waals surface area (Å²) in [7, 11) is 0. The Morgan fingerprint density at radius 3 is 2.43 bits per heavy atom. The predicted octanol–water partition coefficient (Wildman–Crippen LogP) is 3.89. The number of imide groups is 1. The van der Waals surface area contributed by atoms with Gasteiger partial charge in [0.15, 0.2) is 5.79 Å². The zero-order chi connectivity index (χ0) is 24.9. The number of nitrogens with zero attached hydrogens (tertiary/aromatic N) is 1. The minimum Gasteiger partial charge on any atom is -0.507 e. The molecule has 2 saturated heterocycles. The summed E-state index contributed by atoms with van der Waals surface area (Å²) in [5.41, 5.74) is 2.31. The number of hydrogen-bond donors (Lipinski definition) is 2. The van der Waals surface area contributed by atoms with Crippen LogP contribution >= 0.6 is 0 Å². The highest BCUT2D eigenvalue weighted by Gasteiger charge is 2.66. The number of phenols is 1. The summed E-state index contributed by atoms with van der Waals surface area (Å²) in [5.74, 6) is -3.10. The summed E-state index contributed by atoms with van der Waals surface area (Å²) < 4.78 is 12.4. The van der Waals surface area contributed by atoms with E-state index in [1.165, 1.54) is 4.90 Å². The second kappa shape index (κ2) is 8.95. The molecule has 0 bridgehead atoms. The smallest absolute Gasteiger partial charge is 0.233 e. The Labute approximate surface area is 205 Å². The lowest BCUT2D eigenvalue weighted by Gasteiger charge is -2.44. The highest BCUT2D eigenvalue weighted by Crippen LogP contribution is 2.58. The molecule has 2 heterocycles. The lowest BCUT2D eigenvalue weighted by Crippen LogP contribution is -2.55. The molecule has 0 aromatic heterocycles. The van der Waals surface area contributed by atoms with Crippen LogP contribution in [-0.2, 0) is 14.3 Å². The number of carbonyl (C=O) groups is 2. The van der Waals surface area contributed by atoms with Gasteiger partial charge in [0.1, 0.15) is 11.5 Å². The molecule has 0 unspecified atom stereocenters. The normalized spacial score (nSPS) is 32.0. The summed E-state index contributed by atoms with van der Waals surface area (Å²) in [6.45, 7) is 6.17. The SMILES string of the molecule is CCCN1C(=O)[C@H]2[C@H](C[C@H](COc3ccccc3)[C@@]3(O)O[C@H](c4cc(C)c(O)c(C)c4)C[C@@H]23)C1=O. The van der Waals surface area contributed by atoms with Crippen LogP contribution in [0.3, 0.4) is 0 Å². The van der Waals surface area contributed by atoms with Crippen molar-refractivity contribution in [3.05, 3.63) is 59.2 Å². The Morgan fingerprint density at radius 1 is 1.09 bits per heavy atom. The van der Waals surface area contributed by atoms with Crippen molar-refractivity contribution >= 4 is 11.8 Å². The molecule has 7 nitrogen and oxygen atoms in total. The van der Waals surface area contributed by atoms with E-state index in [4.69, 9.17) is 9.47 Å². The van der Waals surface area contributed by atoms with E-state index in [2.05, 4.69) is 0 Å². The lowest BCUT2D eigenvalue weighted by atomic mass is 9.64. The van der Waals surface area contributed by atoms with Gasteiger partial charge in [-0.15, -0.1) is 0 Å². The van der Waals surface area contributed by atoms with Gasteiger partial charge in [-0.05, 0) is 74.1 Å². The van der Waals surface area contributed by atoms with Crippen LogP contribution in [0.5, 0.6) is 11.5 Å². The third-order valence-electron chi connectivity index (χ3n) is 7.98. The molecule has 0 spiro atoms. The number of aliphatic hydroxyl groups is 1. The van der Waals surface area contributed by atoms with Gasteiger partial charge < -0.3 is 19.7 Å². The molecule has 2 aromatic rings. The van der Waals surface area contributed by atoms with E-state index in [-0.39, 0.29) is 24.2 Å². The number of para-hydroxylation sites is 1. The van der Waals surface area contributed by atoms with Gasteiger partial charge in [-0.3, -0.25) is 14.5 Å². The van der Waals surface area contributed by atoms with Crippen molar-refractivity contribution in [1.29, 1.82) is 0 Å². The van der Waals surface area contributed by atoms with Gasteiger partial charge in [-0.1, -0.05) is 25.1 Å². The molecule has 5 rings (SSSR count).